The van der Waals surface area contributed by atoms with E-state index in [1.165, 1.54) is 5.56 Å². The fraction of sp³-hybridized carbons (Fsp3) is 0.200. The molecule has 5 heteroatoms. The number of thioether (sulfide) groups is 1. The normalized spacial score (nSPS) is 10.4. The third-order valence-electron chi connectivity index (χ3n) is 2.96. The Balaban J connectivity index is 1.92. The van der Waals surface area contributed by atoms with Gasteiger partial charge in [-0.2, -0.15) is 0 Å². The van der Waals surface area contributed by atoms with Crippen LogP contribution >= 0.6 is 11.8 Å². The lowest BCUT2D eigenvalue weighted by atomic mass is 10.1. The highest BCUT2D eigenvalue weighted by Crippen LogP contribution is 2.26. The van der Waals surface area contributed by atoms with Crippen molar-refractivity contribution >= 4 is 23.1 Å². The number of nitro benzene ring substituents is 1. The van der Waals surface area contributed by atoms with Crippen LogP contribution in [0.1, 0.15) is 11.1 Å². The van der Waals surface area contributed by atoms with Gasteiger partial charge in [0.25, 0.3) is 5.69 Å². The third kappa shape index (κ3) is 3.74. The Morgan fingerprint density at radius 3 is 2.55 bits per heavy atom. The van der Waals surface area contributed by atoms with E-state index in [1.807, 2.05) is 19.1 Å². The van der Waals surface area contributed by atoms with Crippen LogP contribution in [0.3, 0.4) is 0 Å². The average Bonchev–Trinajstić information content (AvgIpc) is 2.43. The number of hydrogen-bond acceptors (Lipinski definition) is 4. The molecule has 0 spiro atoms. The number of non-ortho nitro benzene ring substituents is 1. The summed E-state index contributed by atoms with van der Waals surface area (Å²) >= 11 is 1.71. The molecule has 0 atom stereocenters. The van der Waals surface area contributed by atoms with Crippen LogP contribution in [0.4, 0.5) is 11.4 Å². The van der Waals surface area contributed by atoms with Crippen LogP contribution in [0, 0.1) is 17.0 Å². The number of anilines is 1. The van der Waals surface area contributed by atoms with Crippen LogP contribution in [0.2, 0.25) is 0 Å². The molecule has 2 aromatic carbocycles. The molecule has 0 fully saturated rings. The second-order valence-corrected chi connectivity index (χ2v) is 5.70. The first-order valence-electron chi connectivity index (χ1n) is 6.28. The fourth-order valence-corrected chi connectivity index (χ4v) is 2.89. The second-order valence-electron chi connectivity index (χ2n) is 4.56. The summed E-state index contributed by atoms with van der Waals surface area (Å²) in [5.74, 6) is 0.894. The van der Waals surface area contributed by atoms with Crippen LogP contribution in [0.5, 0.6) is 0 Å². The maximum absolute atomic E-state index is 10.6. The molecule has 0 aromatic heterocycles. The summed E-state index contributed by atoms with van der Waals surface area (Å²) in [7, 11) is 0. The zero-order valence-corrected chi connectivity index (χ0v) is 12.0. The number of hydrogen-bond donors (Lipinski definition) is 1. The molecule has 0 bridgehead atoms. The average molecular weight is 288 g/mol. The summed E-state index contributed by atoms with van der Waals surface area (Å²) in [5, 5.41) is 10.6. The highest BCUT2D eigenvalue weighted by molar-refractivity contribution is 7.99. The van der Waals surface area contributed by atoms with E-state index in [2.05, 4.69) is 6.07 Å². The Kier molecular flexibility index (Phi) is 4.63. The van der Waals surface area contributed by atoms with Crippen LogP contribution in [0.25, 0.3) is 0 Å². The third-order valence-corrected chi connectivity index (χ3v) is 4.04. The molecule has 2 rings (SSSR count). The summed E-state index contributed by atoms with van der Waals surface area (Å²) in [4.78, 5) is 11.3. The molecular formula is C15H16N2O2S. The molecule has 0 amide bonds. The van der Waals surface area contributed by atoms with E-state index in [1.54, 1.807) is 36.0 Å². The maximum atomic E-state index is 10.6. The molecule has 0 heterocycles. The van der Waals surface area contributed by atoms with Gasteiger partial charge < -0.3 is 5.73 Å². The van der Waals surface area contributed by atoms with Gasteiger partial charge in [0.05, 0.1) is 4.92 Å². The first-order valence-corrected chi connectivity index (χ1v) is 7.27. The Morgan fingerprint density at radius 2 is 1.90 bits per heavy atom. The summed E-state index contributed by atoms with van der Waals surface area (Å²) in [6.07, 6.45) is 0.857. The van der Waals surface area contributed by atoms with Crippen molar-refractivity contribution in [1.82, 2.24) is 0 Å². The minimum absolute atomic E-state index is 0.129. The van der Waals surface area contributed by atoms with Crippen molar-refractivity contribution in [1.29, 1.82) is 0 Å². The van der Waals surface area contributed by atoms with Gasteiger partial charge in [0.2, 0.25) is 0 Å². The lowest BCUT2D eigenvalue weighted by molar-refractivity contribution is -0.384. The molecule has 0 aliphatic heterocycles. The molecule has 0 unspecified atom stereocenters. The predicted octanol–water partition coefficient (Wildman–Crippen LogP) is 3.82. The molecule has 4 nitrogen and oxygen atoms in total. The lowest BCUT2D eigenvalue weighted by Gasteiger charge is -2.06. The fourth-order valence-electron chi connectivity index (χ4n) is 1.83. The van der Waals surface area contributed by atoms with E-state index in [0.29, 0.717) is 0 Å². The zero-order valence-electron chi connectivity index (χ0n) is 11.2. The van der Waals surface area contributed by atoms with E-state index >= 15 is 0 Å². The topological polar surface area (TPSA) is 69.2 Å². The summed E-state index contributed by atoms with van der Waals surface area (Å²) < 4.78 is 0. The van der Waals surface area contributed by atoms with Crippen LogP contribution < -0.4 is 5.73 Å². The maximum Gasteiger partial charge on any atom is 0.269 e. The minimum atomic E-state index is -0.383. The quantitative estimate of drug-likeness (QED) is 0.393. The lowest BCUT2D eigenvalue weighted by Crippen LogP contribution is -1.93. The second kappa shape index (κ2) is 6.43. The summed E-state index contributed by atoms with van der Waals surface area (Å²) in [6.45, 7) is 2.04. The molecule has 2 N–H and O–H groups in total. The van der Waals surface area contributed by atoms with E-state index in [9.17, 15) is 10.1 Å². The van der Waals surface area contributed by atoms with E-state index in [-0.39, 0.29) is 10.6 Å². The molecule has 0 radical (unpaired) electrons. The first-order chi connectivity index (χ1) is 9.56. The van der Waals surface area contributed by atoms with Gasteiger partial charge in [-0.15, -0.1) is 11.8 Å². The van der Waals surface area contributed by atoms with Gasteiger partial charge in [0.15, 0.2) is 0 Å². The van der Waals surface area contributed by atoms with E-state index in [4.69, 9.17) is 5.73 Å². The zero-order chi connectivity index (χ0) is 14.5. The van der Waals surface area contributed by atoms with Gasteiger partial charge in [0.1, 0.15) is 0 Å². The van der Waals surface area contributed by atoms with Crippen molar-refractivity contribution in [3.63, 3.8) is 0 Å². The number of aryl methyl sites for hydroxylation is 2. The van der Waals surface area contributed by atoms with Crippen LogP contribution in [0.15, 0.2) is 47.4 Å². The Bertz CT molecular complexity index is 612. The van der Waals surface area contributed by atoms with E-state index in [0.717, 1.165) is 28.3 Å². The first kappa shape index (κ1) is 14.4. The van der Waals surface area contributed by atoms with Crippen molar-refractivity contribution < 1.29 is 4.92 Å². The van der Waals surface area contributed by atoms with Crippen molar-refractivity contribution in [2.75, 3.05) is 11.5 Å². The number of nitro groups is 1. The van der Waals surface area contributed by atoms with Crippen molar-refractivity contribution in [2.45, 2.75) is 18.2 Å². The highest BCUT2D eigenvalue weighted by atomic mass is 32.2. The Morgan fingerprint density at radius 1 is 1.20 bits per heavy atom. The van der Waals surface area contributed by atoms with Gasteiger partial charge in [0, 0.05) is 28.5 Å². The molecule has 20 heavy (non-hydrogen) atoms. The molecule has 2 aromatic rings. The predicted molar refractivity (Wildman–Crippen MR) is 83.1 cm³/mol. The number of nitrogens with two attached hydrogens (primary N) is 1. The van der Waals surface area contributed by atoms with Gasteiger partial charge in [-0.1, -0.05) is 18.2 Å². The minimum Gasteiger partial charge on any atom is -0.398 e. The molecule has 0 saturated heterocycles. The monoisotopic (exact) mass is 288 g/mol. The highest BCUT2D eigenvalue weighted by Gasteiger charge is 2.05. The van der Waals surface area contributed by atoms with Crippen molar-refractivity contribution in [3.05, 3.63) is 63.7 Å². The largest absolute Gasteiger partial charge is 0.398 e. The number of benzene rings is 2. The Hall–Kier alpha value is -2.01. The molecule has 104 valence electrons. The summed E-state index contributed by atoms with van der Waals surface area (Å²) in [6, 6.07) is 12.7. The van der Waals surface area contributed by atoms with Gasteiger partial charge in [-0.3, -0.25) is 10.1 Å². The molecule has 0 aliphatic rings. The van der Waals surface area contributed by atoms with Crippen molar-refractivity contribution in [3.8, 4) is 0 Å². The van der Waals surface area contributed by atoms with E-state index < -0.39 is 0 Å². The number of rotatable bonds is 5. The number of nitrogens with zero attached hydrogens (tertiary/aromatic N) is 1. The molecule has 0 saturated carbocycles. The number of nitrogen functional groups attached to an aromatic ring is 1. The summed E-state index contributed by atoms with van der Waals surface area (Å²) in [5.41, 5.74) is 9.13. The molecular weight excluding hydrogens is 272 g/mol. The van der Waals surface area contributed by atoms with Crippen molar-refractivity contribution in [2.24, 2.45) is 0 Å². The molecule has 0 aliphatic carbocycles. The van der Waals surface area contributed by atoms with Crippen LogP contribution in [-0.4, -0.2) is 10.7 Å². The van der Waals surface area contributed by atoms with Crippen LogP contribution in [-0.2, 0) is 6.42 Å². The smallest absolute Gasteiger partial charge is 0.269 e. The Labute approximate surface area is 122 Å². The van der Waals surface area contributed by atoms with Gasteiger partial charge >= 0.3 is 0 Å². The SMILES string of the molecule is Cc1ccc(N)c(SCCc2ccc([N+](=O)[O-])cc2)c1. The van der Waals surface area contributed by atoms with Gasteiger partial charge in [-0.05, 0) is 36.6 Å². The standard InChI is InChI=1S/C15H16N2O2S/c1-11-2-7-14(16)15(10-11)20-9-8-12-3-5-13(6-4-12)17(18)19/h2-7,10H,8-9,16H2,1H3. The van der Waals surface area contributed by atoms with Gasteiger partial charge in [-0.25, -0.2) is 0 Å².